The molecular weight excluding hydrogens is 676 g/mol. The van der Waals surface area contributed by atoms with Crippen LogP contribution in [0, 0.1) is 49.1 Å². The summed E-state index contributed by atoms with van der Waals surface area (Å²) in [6.45, 7) is 8.92. The predicted molar refractivity (Wildman–Crippen MR) is 181 cm³/mol. The number of carboxylic acids is 1. The maximum absolute atomic E-state index is 16.6. The van der Waals surface area contributed by atoms with E-state index in [-0.39, 0.29) is 34.6 Å². The molecule has 274 valence electrons. The normalized spacial score (nSPS) is 15.3. The van der Waals surface area contributed by atoms with E-state index < -0.39 is 76.6 Å². The number of carbonyl (C=O) groups is 2. The second kappa shape index (κ2) is 15.8. The number of aromatic nitrogens is 1. The Labute approximate surface area is 292 Å². The molecule has 7 nitrogen and oxygen atoms in total. The second-order valence-electron chi connectivity index (χ2n) is 13.6. The number of piperidine rings is 1. The van der Waals surface area contributed by atoms with Crippen LogP contribution in [0.3, 0.4) is 0 Å². The first-order chi connectivity index (χ1) is 23.8. The molecule has 1 aliphatic rings. The number of amides is 1. The van der Waals surface area contributed by atoms with Gasteiger partial charge in [0.2, 0.25) is 5.91 Å². The first-order valence-corrected chi connectivity index (χ1v) is 16.6. The standard InChI is InChI=1S/C38H41F6N3O4/c1-7-8-24-16-26(33-21(4)14-25(39)15-22(33)5)36(41)34(35(24)40)29(18-32(49)50)45-37(51)30(13-20(2)3)47-19-27(23-9-11-46(6)12-10-23)28(17-31(47)48)38(42,43)44/h14-17,19-20,23,29-30H,9-13,18H2,1-6H3,(H,45,51)(H,49,50)/t29-,30+/m0/s1. The van der Waals surface area contributed by atoms with Crippen molar-refractivity contribution in [3.63, 3.8) is 0 Å². The van der Waals surface area contributed by atoms with Gasteiger partial charge in [-0.3, -0.25) is 14.4 Å². The van der Waals surface area contributed by atoms with Crippen LogP contribution in [-0.4, -0.2) is 46.6 Å². The molecule has 1 amide bonds. The van der Waals surface area contributed by atoms with Crippen molar-refractivity contribution in [1.29, 1.82) is 0 Å². The number of carbonyl (C=O) groups excluding carboxylic acids is 1. The molecule has 2 heterocycles. The highest BCUT2D eigenvalue weighted by Crippen LogP contribution is 2.40. The Morgan fingerprint density at radius 1 is 1.02 bits per heavy atom. The van der Waals surface area contributed by atoms with Gasteiger partial charge in [-0.05, 0) is 112 Å². The van der Waals surface area contributed by atoms with E-state index in [4.69, 9.17) is 0 Å². The van der Waals surface area contributed by atoms with Crippen molar-refractivity contribution in [1.82, 2.24) is 14.8 Å². The van der Waals surface area contributed by atoms with Crippen LogP contribution >= 0.6 is 0 Å². The summed E-state index contributed by atoms with van der Waals surface area (Å²) < 4.78 is 90.6. The molecule has 0 radical (unpaired) electrons. The number of carboxylic acid groups (broad SMARTS) is 1. The predicted octanol–water partition coefficient (Wildman–Crippen LogP) is 7.67. The molecule has 4 rings (SSSR count). The Bertz CT molecular complexity index is 1910. The number of aryl methyl sites for hydroxylation is 2. The number of likely N-dealkylation sites (tertiary alicyclic amines) is 1. The number of nitrogens with one attached hydrogen (secondary N) is 1. The van der Waals surface area contributed by atoms with Gasteiger partial charge < -0.3 is 19.9 Å². The van der Waals surface area contributed by atoms with E-state index in [9.17, 15) is 37.1 Å². The third-order valence-electron chi connectivity index (χ3n) is 9.21. The molecule has 2 aromatic carbocycles. The minimum atomic E-state index is -4.85. The molecule has 2 atom stereocenters. The monoisotopic (exact) mass is 717 g/mol. The topological polar surface area (TPSA) is 91.6 Å². The number of nitrogens with zero attached hydrogens (tertiary/aromatic N) is 2. The summed E-state index contributed by atoms with van der Waals surface area (Å²) >= 11 is 0. The molecule has 2 N–H and O–H groups in total. The summed E-state index contributed by atoms with van der Waals surface area (Å²) in [7, 11) is 1.85. The maximum Gasteiger partial charge on any atom is 0.416 e. The fourth-order valence-corrected chi connectivity index (χ4v) is 6.87. The molecule has 1 fully saturated rings. The first-order valence-electron chi connectivity index (χ1n) is 16.6. The molecule has 1 aromatic heterocycles. The average molecular weight is 718 g/mol. The second-order valence-corrected chi connectivity index (χ2v) is 13.6. The molecule has 13 heteroatoms. The SMILES string of the molecule is CC#Cc1cc(-c2c(C)cc(F)cc2C)c(F)c([C@H](CC(=O)O)NC(=O)[C@@H](CC(C)C)n2cc(C3CCN(C)CC3)c(C(F)(F)F)cc2=O)c1F. The summed E-state index contributed by atoms with van der Waals surface area (Å²) in [5, 5.41) is 12.3. The minimum Gasteiger partial charge on any atom is -0.481 e. The zero-order chi connectivity index (χ0) is 37.9. The highest BCUT2D eigenvalue weighted by atomic mass is 19.4. The number of rotatable bonds is 10. The van der Waals surface area contributed by atoms with Gasteiger partial charge in [-0.25, -0.2) is 13.2 Å². The van der Waals surface area contributed by atoms with Crippen molar-refractivity contribution in [2.75, 3.05) is 20.1 Å². The molecule has 0 aliphatic carbocycles. The fraction of sp³-hybridized carbons (Fsp3) is 0.447. The van der Waals surface area contributed by atoms with Crippen LogP contribution in [0.5, 0.6) is 0 Å². The quantitative estimate of drug-likeness (QED) is 0.166. The van der Waals surface area contributed by atoms with Crippen molar-refractivity contribution in [2.45, 2.75) is 84.5 Å². The molecule has 51 heavy (non-hydrogen) atoms. The third-order valence-corrected chi connectivity index (χ3v) is 9.21. The summed E-state index contributed by atoms with van der Waals surface area (Å²) in [5.74, 6) is -1.37. The Balaban J connectivity index is 1.89. The van der Waals surface area contributed by atoms with Crippen LogP contribution in [-0.2, 0) is 15.8 Å². The molecule has 0 saturated carbocycles. The van der Waals surface area contributed by atoms with Crippen molar-refractivity contribution in [3.05, 3.63) is 91.6 Å². The van der Waals surface area contributed by atoms with E-state index in [1.165, 1.54) is 20.8 Å². The number of benzene rings is 2. The van der Waals surface area contributed by atoms with Gasteiger partial charge in [0.1, 0.15) is 23.5 Å². The lowest BCUT2D eigenvalue weighted by Gasteiger charge is -2.32. The summed E-state index contributed by atoms with van der Waals surface area (Å²) in [4.78, 5) is 41.6. The highest BCUT2D eigenvalue weighted by Gasteiger charge is 2.39. The van der Waals surface area contributed by atoms with Crippen LogP contribution in [0.1, 0.15) is 97.8 Å². The average Bonchev–Trinajstić information content (AvgIpc) is 3.01. The van der Waals surface area contributed by atoms with Gasteiger partial charge in [-0.15, -0.1) is 5.92 Å². The number of aliphatic carboxylic acids is 1. The lowest BCUT2D eigenvalue weighted by atomic mass is 9.87. The number of hydrogen-bond acceptors (Lipinski definition) is 4. The van der Waals surface area contributed by atoms with Gasteiger partial charge in [-0.2, -0.15) is 13.2 Å². The van der Waals surface area contributed by atoms with Crippen molar-refractivity contribution < 1.29 is 41.0 Å². The number of hydrogen-bond donors (Lipinski definition) is 2. The molecule has 1 aliphatic heterocycles. The molecule has 0 bridgehead atoms. The van der Waals surface area contributed by atoms with Crippen LogP contribution < -0.4 is 10.9 Å². The molecule has 0 spiro atoms. The Morgan fingerprint density at radius 3 is 2.16 bits per heavy atom. The fourth-order valence-electron chi connectivity index (χ4n) is 6.87. The lowest BCUT2D eigenvalue weighted by Crippen LogP contribution is -2.41. The number of alkyl halides is 3. The lowest BCUT2D eigenvalue weighted by molar-refractivity contribution is -0.139. The zero-order valence-electron chi connectivity index (χ0n) is 29.3. The minimum absolute atomic E-state index is 0.0741. The summed E-state index contributed by atoms with van der Waals surface area (Å²) in [5.41, 5.74) is -2.86. The van der Waals surface area contributed by atoms with Crippen molar-refractivity contribution >= 4 is 11.9 Å². The van der Waals surface area contributed by atoms with E-state index in [1.54, 1.807) is 13.8 Å². The largest absolute Gasteiger partial charge is 0.481 e. The molecule has 3 aromatic rings. The smallest absolute Gasteiger partial charge is 0.416 e. The van der Waals surface area contributed by atoms with Crippen LogP contribution in [0.15, 0.2) is 35.3 Å². The van der Waals surface area contributed by atoms with Gasteiger partial charge in [0.15, 0.2) is 0 Å². The van der Waals surface area contributed by atoms with Gasteiger partial charge in [0, 0.05) is 23.4 Å². The third kappa shape index (κ3) is 8.84. The van der Waals surface area contributed by atoms with Crippen LogP contribution in [0.2, 0.25) is 0 Å². The van der Waals surface area contributed by atoms with Crippen molar-refractivity contribution in [2.24, 2.45) is 5.92 Å². The van der Waals surface area contributed by atoms with Gasteiger partial charge >= 0.3 is 12.1 Å². The van der Waals surface area contributed by atoms with Gasteiger partial charge in [0.25, 0.3) is 5.56 Å². The van der Waals surface area contributed by atoms with Gasteiger partial charge in [-0.1, -0.05) is 19.8 Å². The summed E-state index contributed by atoms with van der Waals surface area (Å²) in [6, 6.07) is 0.601. The van der Waals surface area contributed by atoms with Crippen LogP contribution in [0.25, 0.3) is 11.1 Å². The van der Waals surface area contributed by atoms with Crippen LogP contribution in [0.4, 0.5) is 26.3 Å². The number of halogens is 6. The number of pyridine rings is 1. The molecule has 0 unspecified atom stereocenters. The van der Waals surface area contributed by atoms with E-state index in [0.717, 1.165) is 29.0 Å². The van der Waals surface area contributed by atoms with E-state index in [2.05, 4.69) is 17.2 Å². The van der Waals surface area contributed by atoms with E-state index >= 15 is 8.78 Å². The Kier molecular flexibility index (Phi) is 12.1. The Hall–Kier alpha value is -4.57. The maximum atomic E-state index is 16.6. The zero-order valence-corrected chi connectivity index (χ0v) is 29.3. The molecular formula is C38H41F6N3O4. The van der Waals surface area contributed by atoms with E-state index in [1.807, 2.05) is 11.9 Å². The van der Waals surface area contributed by atoms with Crippen molar-refractivity contribution in [3.8, 4) is 23.0 Å². The Morgan fingerprint density at radius 2 is 1.63 bits per heavy atom. The highest BCUT2D eigenvalue weighted by molar-refractivity contribution is 5.82. The molecule has 1 saturated heterocycles. The van der Waals surface area contributed by atoms with E-state index in [0.29, 0.717) is 43.1 Å². The van der Waals surface area contributed by atoms with Gasteiger partial charge in [0.05, 0.1) is 23.6 Å². The summed E-state index contributed by atoms with van der Waals surface area (Å²) in [6.07, 6.45) is -4.11. The first kappa shape index (κ1) is 39.2.